The number of fused-ring (bicyclic) bond motifs is 1. The molecule has 2 aromatic rings. The van der Waals surface area contributed by atoms with Crippen molar-refractivity contribution < 1.29 is 9.59 Å². The second kappa shape index (κ2) is 5.93. The second-order valence-electron chi connectivity index (χ2n) is 5.50. The minimum atomic E-state index is 0.0477. The van der Waals surface area contributed by atoms with E-state index in [1.807, 2.05) is 30.3 Å². The Balaban J connectivity index is 1.80. The number of rotatable bonds is 3. The molecule has 0 fully saturated rings. The van der Waals surface area contributed by atoms with Crippen LogP contribution in [0, 0.1) is 0 Å². The quantitative estimate of drug-likeness (QED) is 0.811. The molecule has 3 nitrogen and oxygen atoms in total. The topological polar surface area (TPSA) is 37.4 Å². The molecule has 0 atom stereocenters. The molecule has 0 saturated heterocycles. The Bertz CT molecular complexity index is 755. The molecule has 3 rings (SSSR count). The van der Waals surface area contributed by atoms with E-state index >= 15 is 0 Å². The fourth-order valence-corrected chi connectivity index (χ4v) is 3.01. The van der Waals surface area contributed by atoms with Crippen LogP contribution in [-0.4, -0.2) is 18.2 Å². The summed E-state index contributed by atoms with van der Waals surface area (Å²) in [7, 11) is 0. The van der Waals surface area contributed by atoms with Crippen molar-refractivity contribution in [3.05, 3.63) is 64.2 Å². The fourth-order valence-electron chi connectivity index (χ4n) is 2.80. The summed E-state index contributed by atoms with van der Waals surface area (Å²) in [6.07, 6.45) is 1.12. The smallest absolute Gasteiger partial charge is 0.231 e. The van der Waals surface area contributed by atoms with Gasteiger partial charge in [-0.2, -0.15) is 0 Å². The maximum atomic E-state index is 12.5. The molecule has 0 bridgehead atoms. The Kier molecular flexibility index (Phi) is 3.99. The first-order chi connectivity index (χ1) is 10.5. The predicted molar refractivity (Wildman–Crippen MR) is 87.7 cm³/mol. The molecule has 0 aromatic heterocycles. The van der Waals surface area contributed by atoms with Gasteiger partial charge < -0.3 is 4.90 Å². The van der Waals surface area contributed by atoms with Crippen LogP contribution in [-0.2, 0) is 17.6 Å². The highest BCUT2D eigenvalue weighted by molar-refractivity contribution is 6.30. The molecule has 0 saturated carbocycles. The average Bonchev–Trinajstić information content (AvgIpc) is 2.90. The molecule has 4 heteroatoms. The van der Waals surface area contributed by atoms with Crippen molar-refractivity contribution in [2.24, 2.45) is 0 Å². The first-order valence-corrected chi connectivity index (χ1v) is 7.61. The fraction of sp³-hybridized carbons (Fsp3) is 0.222. The highest BCUT2D eigenvalue weighted by Gasteiger charge is 2.25. The number of halogens is 1. The summed E-state index contributed by atoms with van der Waals surface area (Å²) in [5, 5.41) is 0.637. The third kappa shape index (κ3) is 2.90. The average molecular weight is 314 g/mol. The van der Waals surface area contributed by atoms with Crippen molar-refractivity contribution in [1.29, 1.82) is 0 Å². The van der Waals surface area contributed by atoms with Crippen LogP contribution < -0.4 is 4.90 Å². The van der Waals surface area contributed by atoms with E-state index in [2.05, 4.69) is 0 Å². The van der Waals surface area contributed by atoms with Crippen molar-refractivity contribution in [3.63, 3.8) is 0 Å². The molecule has 0 spiro atoms. The zero-order valence-corrected chi connectivity index (χ0v) is 13.1. The molecule has 112 valence electrons. The molecule has 2 aromatic carbocycles. The zero-order chi connectivity index (χ0) is 15.7. The van der Waals surface area contributed by atoms with Crippen LogP contribution in [0.1, 0.15) is 28.4 Å². The lowest BCUT2D eigenvalue weighted by Gasteiger charge is -2.17. The van der Waals surface area contributed by atoms with Gasteiger partial charge in [0.05, 0.1) is 6.42 Å². The standard InChI is InChI=1S/C18H16ClNO2/c1-12(21)14-5-6-17-15(11-14)7-8-20(17)18(22)10-13-3-2-4-16(19)9-13/h2-6,9,11H,7-8,10H2,1H3. The normalized spacial score (nSPS) is 13.1. The Morgan fingerprint density at radius 3 is 2.73 bits per heavy atom. The highest BCUT2D eigenvalue weighted by atomic mass is 35.5. The number of ketones is 1. The summed E-state index contributed by atoms with van der Waals surface area (Å²) in [6.45, 7) is 2.22. The van der Waals surface area contributed by atoms with Gasteiger partial charge in [0.15, 0.2) is 5.78 Å². The summed E-state index contributed by atoms with van der Waals surface area (Å²) in [4.78, 5) is 25.8. The van der Waals surface area contributed by atoms with E-state index in [0.717, 1.165) is 23.2 Å². The lowest BCUT2D eigenvalue weighted by atomic mass is 10.1. The summed E-state index contributed by atoms with van der Waals surface area (Å²) in [5.41, 5.74) is 3.58. The van der Waals surface area contributed by atoms with Crippen LogP contribution >= 0.6 is 11.6 Å². The minimum absolute atomic E-state index is 0.0477. The van der Waals surface area contributed by atoms with E-state index < -0.39 is 0 Å². The number of benzene rings is 2. The molecular weight excluding hydrogens is 298 g/mol. The van der Waals surface area contributed by atoms with Gasteiger partial charge in [0.1, 0.15) is 0 Å². The Labute approximate surface area is 134 Å². The molecule has 0 N–H and O–H groups in total. The third-order valence-corrected chi connectivity index (χ3v) is 4.16. The molecular formula is C18H16ClNO2. The third-order valence-electron chi connectivity index (χ3n) is 3.93. The lowest BCUT2D eigenvalue weighted by molar-refractivity contribution is -0.117. The van der Waals surface area contributed by atoms with Gasteiger partial charge in [-0.05, 0) is 54.8 Å². The van der Waals surface area contributed by atoms with Gasteiger partial charge >= 0.3 is 0 Å². The number of carbonyl (C=O) groups excluding carboxylic acids is 2. The zero-order valence-electron chi connectivity index (χ0n) is 12.3. The van der Waals surface area contributed by atoms with E-state index in [1.54, 1.807) is 24.0 Å². The van der Waals surface area contributed by atoms with Crippen LogP contribution in [0.4, 0.5) is 5.69 Å². The molecule has 0 unspecified atom stereocenters. The minimum Gasteiger partial charge on any atom is -0.312 e. The summed E-state index contributed by atoms with van der Waals surface area (Å²) >= 11 is 5.96. The molecule has 1 heterocycles. The van der Waals surface area contributed by atoms with Gasteiger partial charge in [-0.25, -0.2) is 0 Å². The summed E-state index contributed by atoms with van der Waals surface area (Å²) in [6, 6.07) is 12.9. The molecule has 1 aliphatic rings. The van der Waals surface area contributed by atoms with Crippen molar-refractivity contribution in [2.75, 3.05) is 11.4 Å². The molecule has 1 amide bonds. The van der Waals surface area contributed by atoms with Gasteiger partial charge in [0.25, 0.3) is 0 Å². The molecule has 0 radical (unpaired) electrons. The molecule has 22 heavy (non-hydrogen) atoms. The van der Waals surface area contributed by atoms with Crippen molar-refractivity contribution in [2.45, 2.75) is 19.8 Å². The van der Waals surface area contributed by atoms with Gasteiger partial charge in [-0.1, -0.05) is 23.7 Å². The number of anilines is 1. The Hall–Kier alpha value is -2.13. The first kappa shape index (κ1) is 14.8. The van der Waals surface area contributed by atoms with Gasteiger partial charge in [-0.3, -0.25) is 9.59 Å². The highest BCUT2D eigenvalue weighted by Crippen LogP contribution is 2.29. The van der Waals surface area contributed by atoms with Gasteiger partial charge in [0.2, 0.25) is 5.91 Å². The van der Waals surface area contributed by atoms with Crippen LogP contribution in [0.15, 0.2) is 42.5 Å². The monoisotopic (exact) mass is 313 g/mol. The van der Waals surface area contributed by atoms with Crippen molar-refractivity contribution >= 4 is 29.0 Å². The van der Waals surface area contributed by atoms with E-state index in [0.29, 0.717) is 23.6 Å². The number of nitrogens with zero attached hydrogens (tertiary/aromatic N) is 1. The number of hydrogen-bond donors (Lipinski definition) is 0. The predicted octanol–water partition coefficient (Wildman–Crippen LogP) is 3.67. The van der Waals surface area contributed by atoms with Crippen LogP contribution in [0.2, 0.25) is 5.02 Å². The van der Waals surface area contributed by atoms with Crippen LogP contribution in [0.3, 0.4) is 0 Å². The second-order valence-corrected chi connectivity index (χ2v) is 5.94. The van der Waals surface area contributed by atoms with Gasteiger partial charge in [-0.15, -0.1) is 0 Å². The van der Waals surface area contributed by atoms with Crippen LogP contribution in [0.25, 0.3) is 0 Å². The van der Waals surface area contributed by atoms with E-state index in [9.17, 15) is 9.59 Å². The van der Waals surface area contributed by atoms with Crippen LogP contribution in [0.5, 0.6) is 0 Å². The number of Topliss-reactive ketones (excluding diaryl/α,β-unsaturated/α-hetero) is 1. The van der Waals surface area contributed by atoms with Gasteiger partial charge in [0, 0.05) is 22.8 Å². The Morgan fingerprint density at radius 1 is 1.18 bits per heavy atom. The Morgan fingerprint density at radius 2 is 2.00 bits per heavy atom. The number of amides is 1. The first-order valence-electron chi connectivity index (χ1n) is 7.23. The van der Waals surface area contributed by atoms with E-state index in [1.165, 1.54) is 0 Å². The van der Waals surface area contributed by atoms with Crippen molar-refractivity contribution in [1.82, 2.24) is 0 Å². The number of hydrogen-bond acceptors (Lipinski definition) is 2. The van der Waals surface area contributed by atoms with Crippen molar-refractivity contribution in [3.8, 4) is 0 Å². The number of carbonyl (C=O) groups is 2. The van der Waals surface area contributed by atoms with E-state index in [-0.39, 0.29) is 11.7 Å². The summed E-state index contributed by atoms with van der Waals surface area (Å²) in [5.74, 6) is 0.100. The van der Waals surface area contributed by atoms with E-state index in [4.69, 9.17) is 11.6 Å². The SMILES string of the molecule is CC(=O)c1ccc2c(c1)CCN2C(=O)Cc1cccc(Cl)c1. The maximum absolute atomic E-state index is 12.5. The maximum Gasteiger partial charge on any atom is 0.231 e. The summed E-state index contributed by atoms with van der Waals surface area (Å²) < 4.78 is 0. The lowest BCUT2D eigenvalue weighted by Crippen LogP contribution is -2.30. The molecule has 0 aliphatic carbocycles. The largest absolute Gasteiger partial charge is 0.312 e. The molecule has 1 aliphatic heterocycles.